The molecule has 0 saturated heterocycles. The predicted molar refractivity (Wildman–Crippen MR) is 45.9 cm³/mol. The number of furan rings is 1. The Labute approximate surface area is 74.6 Å². The van der Waals surface area contributed by atoms with Crippen LogP contribution in [0.2, 0.25) is 5.02 Å². The van der Waals surface area contributed by atoms with Gasteiger partial charge in [-0.25, -0.2) is 0 Å². The standard InChI is InChI=1S/C8H7ClN2O/c1-11-8(7(9)4-10-11)6-2-3-12-5-6/h2-5H,1H3. The molecule has 0 spiro atoms. The maximum atomic E-state index is 5.91. The highest BCUT2D eigenvalue weighted by Gasteiger charge is 2.09. The molecule has 0 bridgehead atoms. The Morgan fingerprint density at radius 3 is 2.92 bits per heavy atom. The summed E-state index contributed by atoms with van der Waals surface area (Å²) in [5.41, 5.74) is 1.82. The Morgan fingerprint density at radius 1 is 1.58 bits per heavy atom. The van der Waals surface area contributed by atoms with Crippen molar-refractivity contribution >= 4 is 11.6 Å². The van der Waals surface area contributed by atoms with E-state index in [9.17, 15) is 0 Å². The van der Waals surface area contributed by atoms with Crippen LogP contribution < -0.4 is 0 Å². The van der Waals surface area contributed by atoms with E-state index in [0.717, 1.165) is 11.3 Å². The quantitative estimate of drug-likeness (QED) is 0.678. The molecule has 0 fully saturated rings. The SMILES string of the molecule is Cn1ncc(Cl)c1-c1ccoc1. The number of hydrogen-bond donors (Lipinski definition) is 0. The largest absolute Gasteiger partial charge is 0.472 e. The highest BCUT2D eigenvalue weighted by molar-refractivity contribution is 6.33. The van der Waals surface area contributed by atoms with Gasteiger partial charge in [-0.2, -0.15) is 5.10 Å². The Bertz CT molecular complexity index is 358. The van der Waals surface area contributed by atoms with Crippen LogP contribution in [-0.2, 0) is 7.05 Å². The minimum absolute atomic E-state index is 0.638. The summed E-state index contributed by atoms with van der Waals surface area (Å²) in [7, 11) is 1.84. The zero-order chi connectivity index (χ0) is 8.55. The van der Waals surface area contributed by atoms with Crippen molar-refractivity contribution in [2.24, 2.45) is 7.05 Å². The number of aryl methyl sites for hydroxylation is 1. The molecule has 0 aliphatic carbocycles. The summed E-state index contributed by atoms with van der Waals surface area (Å²) in [6.45, 7) is 0. The molecule has 0 atom stereocenters. The lowest BCUT2D eigenvalue weighted by molar-refractivity contribution is 0.567. The van der Waals surface area contributed by atoms with Crippen molar-refractivity contribution in [3.63, 3.8) is 0 Å². The van der Waals surface area contributed by atoms with Crippen LogP contribution >= 0.6 is 11.6 Å². The average molecular weight is 183 g/mol. The number of nitrogens with zero attached hydrogens (tertiary/aromatic N) is 2. The van der Waals surface area contributed by atoms with Crippen molar-refractivity contribution in [3.8, 4) is 11.3 Å². The van der Waals surface area contributed by atoms with Crippen molar-refractivity contribution in [2.75, 3.05) is 0 Å². The van der Waals surface area contributed by atoms with Crippen LogP contribution in [0.3, 0.4) is 0 Å². The van der Waals surface area contributed by atoms with Gasteiger partial charge in [0.05, 0.1) is 29.4 Å². The van der Waals surface area contributed by atoms with Crippen LogP contribution in [0.1, 0.15) is 0 Å². The van der Waals surface area contributed by atoms with E-state index in [2.05, 4.69) is 5.10 Å². The van der Waals surface area contributed by atoms with Gasteiger partial charge in [0.1, 0.15) is 0 Å². The van der Waals surface area contributed by atoms with E-state index in [0.29, 0.717) is 5.02 Å². The molecule has 0 aliphatic rings. The summed E-state index contributed by atoms with van der Waals surface area (Å²) >= 11 is 5.91. The number of rotatable bonds is 1. The summed E-state index contributed by atoms with van der Waals surface area (Å²) < 4.78 is 6.66. The average Bonchev–Trinajstić information content (AvgIpc) is 2.61. The Hall–Kier alpha value is -1.22. The van der Waals surface area contributed by atoms with Crippen molar-refractivity contribution in [3.05, 3.63) is 29.8 Å². The van der Waals surface area contributed by atoms with E-state index in [1.807, 2.05) is 13.1 Å². The van der Waals surface area contributed by atoms with Gasteiger partial charge in [-0.15, -0.1) is 0 Å². The molecule has 0 unspecified atom stereocenters. The van der Waals surface area contributed by atoms with E-state index in [1.165, 1.54) is 0 Å². The van der Waals surface area contributed by atoms with Gasteiger partial charge in [0.2, 0.25) is 0 Å². The monoisotopic (exact) mass is 182 g/mol. The van der Waals surface area contributed by atoms with Gasteiger partial charge < -0.3 is 4.42 Å². The third-order valence-corrected chi connectivity index (χ3v) is 1.97. The van der Waals surface area contributed by atoms with E-state index >= 15 is 0 Å². The predicted octanol–water partition coefficient (Wildman–Crippen LogP) is 2.33. The molecule has 0 aliphatic heterocycles. The molecule has 12 heavy (non-hydrogen) atoms. The molecular formula is C8H7ClN2O. The van der Waals surface area contributed by atoms with Gasteiger partial charge in [-0.05, 0) is 6.07 Å². The first-order chi connectivity index (χ1) is 5.79. The van der Waals surface area contributed by atoms with Crippen LogP contribution in [0.15, 0.2) is 29.2 Å². The maximum absolute atomic E-state index is 5.91. The fraction of sp³-hybridized carbons (Fsp3) is 0.125. The first-order valence-electron chi connectivity index (χ1n) is 3.49. The smallest absolute Gasteiger partial charge is 0.0997 e. The van der Waals surface area contributed by atoms with Crippen LogP contribution in [-0.4, -0.2) is 9.78 Å². The zero-order valence-electron chi connectivity index (χ0n) is 6.49. The fourth-order valence-corrected chi connectivity index (χ4v) is 1.41. The molecule has 0 N–H and O–H groups in total. The van der Waals surface area contributed by atoms with Gasteiger partial charge in [0.15, 0.2) is 0 Å². The van der Waals surface area contributed by atoms with E-state index in [1.54, 1.807) is 23.4 Å². The van der Waals surface area contributed by atoms with Crippen LogP contribution in [0.4, 0.5) is 0 Å². The molecule has 2 aromatic rings. The Balaban J connectivity index is 2.60. The lowest BCUT2D eigenvalue weighted by Crippen LogP contribution is -1.92. The Morgan fingerprint density at radius 2 is 2.42 bits per heavy atom. The van der Waals surface area contributed by atoms with Crippen LogP contribution in [0.25, 0.3) is 11.3 Å². The minimum Gasteiger partial charge on any atom is -0.472 e. The van der Waals surface area contributed by atoms with Crippen molar-refractivity contribution in [2.45, 2.75) is 0 Å². The molecule has 0 saturated carbocycles. The maximum Gasteiger partial charge on any atom is 0.0997 e. The van der Waals surface area contributed by atoms with Gasteiger partial charge in [0, 0.05) is 12.6 Å². The molecule has 2 heterocycles. The van der Waals surface area contributed by atoms with Crippen LogP contribution in [0, 0.1) is 0 Å². The van der Waals surface area contributed by atoms with Gasteiger partial charge in [-0.3, -0.25) is 4.68 Å². The number of aromatic nitrogens is 2. The molecular weight excluding hydrogens is 176 g/mol. The van der Waals surface area contributed by atoms with E-state index in [-0.39, 0.29) is 0 Å². The second-order valence-electron chi connectivity index (χ2n) is 2.48. The zero-order valence-corrected chi connectivity index (χ0v) is 7.25. The summed E-state index contributed by atoms with van der Waals surface area (Å²) in [6, 6.07) is 1.85. The summed E-state index contributed by atoms with van der Waals surface area (Å²) in [4.78, 5) is 0. The molecule has 3 nitrogen and oxygen atoms in total. The van der Waals surface area contributed by atoms with Crippen molar-refractivity contribution in [1.29, 1.82) is 0 Å². The molecule has 2 rings (SSSR count). The number of halogens is 1. The van der Waals surface area contributed by atoms with Crippen molar-refractivity contribution < 1.29 is 4.42 Å². The highest BCUT2D eigenvalue weighted by Crippen LogP contribution is 2.26. The van der Waals surface area contributed by atoms with Gasteiger partial charge in [-0.1, -0.05) is 11.6 Å². The summed E-state index contributed by atoms with van der Waals surface area (Å²) in [5.74, 6) is 0. The molecule has 62 valence electrons. The lowest BCUT2D eigenvalue weighted by Gasteiger charge is -1.96. The molecule has 4 heteroatoms. The first kappa shape index (κ1) is 7.43. The fourth-order valence-electron chi connectivity index (χ4n) is 1.13. The van der Waals surface area contributed by atoms with E-state index < -0.39 is 0 Å². The summed E-state index contributed by atoms with van der Waals surface area (Å²) in [5, 5.41) is 4.65. The lowest BCUT2D eigenvalue weighted by atomic mass is 10.2. The normalized spacial score (nSPS) is 10.5. The Kier molecular flexibility index (Phi) is 1.66. The first-order valence-corrected chi connectivity index (χ1v) is 3.87. The second-order valence-corrected chi connectivity index (χ2v) is 2.88. The topological polar surface area (TPSA) is 31.0 Å². The minimum atomic E-state index is 0.638. The second kappa shape index (κ2) is 2.68. The third-order valence-electron chi connectivity index (χ3n) is 1.69. The van der Waals surface area contributed by atoms with Gasteiger partial charge >= 0.3 is 0 Å². The van der Waals surface area contributed by atoms with E-state index in [4.69, 9.17) is 16.0 Å². The highest BCUT2D eigenvalue weighted by atomic mass is 35.5. The third kappa shape index (κ3) is 1.02. The van der Waals surface area contributed by atoms with Crippen molar-refractivity contribution in [1.82, 2.24) is 9.78 Å². The summed E-state index contributed by atoms with van der Waals surface area (Å²) in [6.07, 6.45) is 4.87. The van der Waals surface area contributed by atoms with Gasteiger partial charge in [0.25, 0.3) is 0 Å². The number of hydrogen-bond acceptors (Lipinski definition) is 2. The molecule has 0 amide bonds. The van der Waals surface area contributed by atoms with Crippen LogP contribution in [0.5, 0.6) is 0 Å². The molecule has 0 aromatic carbocycles. The molecule has 0 radical (unpaired) electrons. The molecule has 2 aromatic heterocycles.